The number of aryl methyl sites for hydroxylation is 1. The number of hydrogen-bond acceptors (Lipinski definition) is 6. The Hall–Kier alpha value is -2.93. The molecule has 1 aromatic carbocycles. The Bertz CT molecular complexity index is 873. The standard InChI is InChI=1S/C20H24N6O/c1-15-19(10-17(12-21-15)22-11-16-6-5-9-27-13-16)24-20-23-14-26(25-20)18-7-3-2-4-8-18/h2-4,7-8,10,12,14,16,22H,5-6,9,11,13H2,1H3,(H,24,25). The smallest absolute Gasteiger partial charge is 0.247 e. The van der Waals surface area contributed by atoms with E-state index in [0.717, 1.165) is 48.9 Å². The van der Waals surface area contributed by atoms with Crippen LogP contribution in [-0.4, -0.2) is 39.5 Å². The third kappa shape index (κ3) is 4.43. The van der Waals surface area contributed by atoms with Crippen molar-refractivity contribution in [1.29, 1.82) is 0 Å². The number of ether oxygens (including phenoxy) is 1. The number of aromatic nitrogens is 4. The Morgan fingerprint density at radius 2 is 2.11 bits per heavy atom. The number of para-hydroxylation sites is 1. The molecule has 0 amide bonds. The van der Waals surface area contributed by atoms with Crippen LogP contribution in [0.3, 0.4) is 0 Å². The lowest BCUT2D eigenvalue weighted by Crippen LogP contribution is -2.24. The average Bonchev–Trinajstić information content (AvgIpc) is 3.19. The summed E-state index contributed by atoms with van der Waals surface area (Å²) in [7, 11) is 0. The molecular formula is C20H24N6O. The Kier molecular flexibility index (Phi) is 5.29. The zero-order valence-corrected chi connectivity index (χ0v) is 15.4. The minimum absolute atomic E-state index is 0.543. The third-order valence-corrected chi connectivity index (χ3v) is 4.70. The van der Waals surface area contributed by atoms with Crippen LogP contribution < -0.4 is 10.6 Å². The van der Waals surface area contributed by atoms with E-state index in [1.807, 2.05) is 43.5 Å². The quantitative estimate of drug-likeness (QED) is 0.696. The summed E-state index contributed by atoms with van der Waals surface area (Å²) in [5.41, 5.74) is 3.75. The number of pyridine rings is 1. The van der Waals surface area contributed by atoms with Gasteiger partial charge in [-0.25, -0.2) is 4.68 Å². The molecule has 3 aromatic rings. The third-order valence-electron chi connectivity index (χ3n) is 4.70. The fourth-order valence-corrected chi connectivity index (χ4v) is 3.13. The minimum atomic E-state index is 0.543. The molecule has 2 aromatic heterocycles. The van der Waals surface area contributed by atoms with Gasteiger partial charge in [-0.3, -0.25) is 4.98 Å². The molecule has 0 saturated carbocycles. The first-order chi connectivity index (χ1) is 13.3. The molecule has 140 valence electrons. The summed E-state index contributed by atoms with van der Waals surface area (Å²) in [4.78, 5) is 8.84. The van der Waals surface area contributed by atoms with Crippen molar-refractivity contribution < 1.29 is 4.74 Å². The molecule has 0 radical (unpaired) electrons. The van der Waals surface area contributed by atoms with Crippen LogP contribution in [0.25, 0.3) is 5.69 Å². The highest BCUT2D eigenvalue weighted by Gasteiger charge is 2.14. The molecule has 3 heterocycles. The van der Waals surface area contributed by atoms with Crippen LogP contribution in [0.5, 0.6) is 0 Å². The van der Waals surface area contributed by atoms with E-state index in [-0.39, 0.29) is 0 Å². The molecule has 27 heavy (non-hydrogen) atoms. The van der Waals surface area contributed by atoms with E-state index >= 15 is 0 Å². The Morgan fingerprint density at radius 1 is 1.22 bits per heavy atom. The van der Waals surface area contributed by atoms with Crippen molar-refractivity contribution in [3.05, 3.63) is 54.6 Å². The molecular weight excluding hydrogens is 340 g/mol. The molecule has 0 bridgehead atoms. The zero-order chi connectivity index (χ0) is 18.5. The SMILES string of the molecule is Cc1ncc(NCC2CCCOC2)cc1Nc1ncn(-c2ccccc2)n1. The Balaban J connectivity index is 1.43. The lowest BCUT2D eigenvalue weighted by molar-refractivity contribution is 0.0595. The van der Waals surface area contributed by atoms with Crippen LogP contribution in [0.15, 0.2) is 48.9 Å². The van der Waals surface area contributed by atoms with Crippen molar-refractivity contribution in [1.82, 2.24) is 19.7 Å². The second kappa shape index (κ2) is 8.18. The lowest BCUT2D eigenvalue weighted by atomic mass is 10.0. The van der Waals surface area contributed by atoms with Gasteiger partial charge in [0, 0.05) is 13.2 Å². The predicted molar refractivity (Wildman–Crippen MR) is 106 cm³/mol. The van der Waals surface area contributed by atoms with Crippen molar-refractivity contribution in [3.8, 4) is 5.69 Å². The lowest BCUT2D eigenvalue weighted by Gasteiger charge is -2.22. The van der Waals surface area contributed by atoms with Gasteiger partial charge in [0.05, 0.1) is 35.6 Å². The molecule has 0 aliphatic carbocycles. The van der Waals surface area contributed by atoms with Gasteiger partial charge in [-0.15, -0.1) is 5.10 Å². The van der Waals surface area contributed by atoms with E-state index in [4.69, 9.17) is 4.74 Å². The van der Waals surface area contributed by atoms with Crippen LogP contribution in [0.4, 0.5) is 17.3 Å². The zero-order valence-electron chi connectivity index (χ0n) is 15.4. The van der Waals surface area contributed by atoms with Crippen LogP contribution in [0.2, 0.25) is 0 Å². The number of benzene rings is 1. The van der Waals surface area contributed by atoms with Crippen LogP contribution >= 0.6 is 0 Å². The van der Waals surface area contributed by atoms with Gasteiger partial charge < -0.3 is 15.4 Å². The van der Waals surface area contributed by atoms with E-state index in [0.29, 0.717) is 11.9 Å². The van der Waals surface area contributed by atoms with Gasteiger partial charge in [0.1, 0.15) is 6.33 Å². The molecule has 1 aliphatic heterocycles. The Morgan fingerprint density at radius 3 is 2.93 bits per heavy atom. The van der Waals surface area contributed by atoms with Gasteiger partial charge in [0.2, 0.25) is 5.95 Å². The molecule has 1 atom stereocenters. The van der Waals surface area contributed by atoms with Crippen molar-refractivity contribution in [3.63, 3.8) is 0 Å². The number of anilines is 3. The van der Waals surface area contributed by atoms with E-state index in [9.17, 15) is 0 Å². The minimum Gasteiger partial charge on any atom is -0.383 e. The van der Waals surface area contributed by atoms with Crippen molar-refractivity contribution in [2.24, 2.45) is 5.92 Å². The van der Waals surface area contributed by atoms with Gasteiger partial charge in [-0.1, -0.05) is 18.2 Å². The van der Waals surface area contributed by atoms with E-state index in [2.05, 4.69) is 31.8 Å². The molecule has 1 aliphatic rings. The highest BCUT2D eigenvalue weighted by molar-refractivity contribution is 5.62. The molecule has 7 heteroatoms. The fraction of sp³-hybridized carbons (Fsp3) is 0.350. The fourth-order valence-electron chi connectivity index (χ4n) is 3.13. The Labute approximate surface area is 158 Å². The maximum Gasteiger partial charge on any atom is 0.247 e. The average molecular weight is 364 g/mol. The van der Waals surface area contributed by atoms with Gasteiger partial charge in [0.25, 0.3) is 0 Å². The number of nitrogens with zero attached hydrogens (tertiary/aromatic N) is 4. The van der Waals surface area contributed by atoms with Gasteiger partial charge in [0.15, 0.2) is 0 Å². The maximum absolute atomic E-state index is 5.54. The van der Waals surface area contributed by atoms with Crippen molar-refractivity contribution in [2.75, 3.05) is 30.4 Å². The van der Waals surface area contributed by atoms with E-state index in [1.54, 1.807) is 11.0 Å². The summed E-state index contributed by atoms with van der Waals surface area (Å²) in [5, 5.41) is 11.2. The maximum atomic E-state index is 5.54. The van der Waals surface area contributed by atoms with Crippen molar-refractivity contribution in [2.45, 2.75) is 19.8 Å². The summed E-state index contributed by atoms with van der Waals surface area (Å²) < 4.78 is 7.29. The topological polar surface area (TPSA) is 76.9 Å². The molecule has 1 saturated heterocycles. The van der Waals surface area contributed by atoms with Gasteiger partial charge in [-0.2, -0.15) is 4.98 Å². The van der Waals surface area contributed by atoms with Crippen LogP contribution in [-0.2, 0) is 4.74 Å². The number of hydrogen-bond donors (Lipinski definition) is 2. The number of rotatable bonds is 6. The number of nitrogens with one attached hydrogen (secondary N) is 2. The molecule has 1 unspecified atom stereocenters. The first-order valence-electron chi connectivity index (χ1n) is 9.30. The molecule has 4 rings (SSSR count). The monoisotopic (exact) mass is 364 g/mol. The van der Waals surface area contributed by atoms with E-state index in [1.165, 1.54) is 6.42 Å². The van der Waals surface area contributed by atoms with Crippen molar-refractivity contribution >= 4 is 17.3 Å². The molecule has 2 N–H and O–H groups in total. The first-order valence-corrected chi connectivity index (χ1v) is 9.30. The summed E-state index contributed by atoms with van der Waals surface area (Å²) in [5.74, 6) is 1.10. The summed E-state index contributed by atoms with van der Waals surface area (Å²) in [6, 6.07) is 12.0. The first kappa shape index (κ1) is 17.5. The summed E-state index contributed by atoms with van der Waals surface area (Å²) in [6.07, 6.45) is 5.91. The molecule has 0 spiro atoms. The predicted octanol–water partition coefficient (Wildman–Crippen LogP) is 3.55. The second-order valence-corrected chi connectivity index (χ2v) is 6.79. The molecule has 1 fully saturated rings. The highest BCUT2D eigenvalue weighted by atomic mass is 16.5. The van der Waals surface area contributed by atoms with Crippen LogP contribution in [0.1, 0.15) is 18.5 Å². The highest BCUT2D eigenvalue weighted by Crippen LogP contribution is 2.22. The second-order valence-electron chi connectivity index (χ2n) is 6.79. The van der Waals surface area contributed by atoms with Crippen LogP contribution in [0, 0.1) is 12.8 Å². The van der Waals surface area contributed by atoms with E-state index < -0.39 is 0 Å². The summed E-state index contributed by atoms with van der Waals surface area (Å²) >= 11 is 0. The molecule has 7 nitrogen and oxygen atoms in total. The largest absolute Gasteiger partial charge is 0.383 e. The normalized spacial score (nSPS) is 16.9. The van der Waals surface area contributed by atoms with Gasteiger partial charge in [-0.05, 0) is 43.9 Å². The van der Waals surface area contributed by atoms with Gasteiger partial charge >= 0.3 is 0 Å². The summed E-state index contributed by atoms with van der Waals surface area (Å²) in [6.45, 7) is 4.58.